The Kier molecular flexibility index (Phi) is 6.34. The van der Waals surface area contributed by atoms with E-state index in [0.29, 0.717) is 28.1 Å². The number of hydrogen-bond donors (Lipinski definition) is 1. The molecule has 1 aliphatic rings. The maximum atomic E-state index is 12.5. The molecule has 1 aromatic carbocycles. The summed E-state index contributed by atoms with van der Waals surface area (Å²) >= 11 is 5.77. The Morgan fingerprint density at radius 3 is 2.37 bits per heavy atom. The van der Waals surface area contributed by atoms with Crippen LogP contribution in [0.15, 0.2) is 30.6 Å². The molecule has 1 aromatic heterocycles. The SMILES string of the molecule is COc1ccc(C(=O)NC2CCC(Oc3ncc(Cl)cn3)CC2)cc1OC. The highest BCUT2D eigenvalue weighted by Gasteiger charge is 2.25. The number of amides is 1. The van der Waals surface area contributed by atoms with Gasteiger partial charge in [-0.2, -0.15) is 0 Å². The Balaban J connectivity index is 1.51. The van der Waals surface area contributed by atoms with Gasteiger partial charge < -0.3 is 19.5 Å². The lowest BCUT2D eigenvalue weighted by molar-refractivity contribution is 0.0885. The zero-order chi connectivity index (χ0) is 19.2. The van der Waals surface area contributed by atoms with Crippen molar-refractivity contribution in [2.24, 2.45) is 0 Å². The first-order valence-electron chi connectivity index (χ1n) is 8.76. The van der Waals surface area contributed by atoms with Gasteiger partial charge in [0, 0.05) is 11.6 Å². The van der Waals surface area contributed by atoms with Crippen LogP contribution in [0, 0.1) is 0 Å². The zero-order valence-electron chi connectivity index (χ0n) is 15.3. The van der Waals surface area contributed by atoms with Crippen LogP contribution in [0.4, 0.5) is 0 Å². The predicted molar refractivity (Wildman–Crippen MR) is 101 cm³/mol. The van der Waals surface area contributed by atoms with Gasteiger partial charge in [-0.1, -0.05) is 11.6 Å². The number of nitrogens with one attached hydrogen (secondary N) is 1. The summed E-state index contributed by atoms with van der Waals surface area (Å²) in [4.78, 5) is 20.6. The number of hydrogen-bond acceptors (Lipinski definition) is 6. The van der Waals surface area contributed by atoms with Gasteiger partial charge in [0.25, 0.3) is 5.91 Å². The molecule has 1 N–H and O–H groups in total. The summed E-state index contributed by atoms with van der Waals surface area (Å²) in [5, 5.41) is 3.55. The molecule has 3 rings (SSSR count). The van der Waals surface area contributed by atoms with E-state index in [1.165, 1.54) is 12.4 Å². The van der Waals surface area contributed by atoms with Gasteiger partial charge in [-0.3, -0.25) is 4.79 Å². The Bertz CT molecular complexity index is 777. The fourth-order valence-corrected chi connectivity index (χ4v) is 3.18. The van der Waals surface area contributed by atoms with E-state index < -0.39 is 0 Å². The van der Waals surface area contributed by atoms with E-state index >= 15 is 0 Å². The smallest absolute Gasteiger partial charge is 0.316 e. The number of rotatable bonds is 6. The molecule has 0 spiro atoms. The normalized spacial score (nSPS) is 19.2. The largest absolute Gasteiger partial charge is 0.493 e. The second-order valence-electron chi connectivity index (χ2n) is 6.32. The molecule has 0 bridgehead atoms. The molecular weight excluding hydrogens is 370 g/mol. The third-order valence-corrected chi connectivity index (χ3v) is 4.72. The molecule has 2 aromatic rings. The molecule has 27 heavy (non-hydrogen) atoms. The average Bonchev–Trinajstić information content (AvgIpc) is 2.70. The number of halogens is 1. The fourth-order valence-electron chi connectivity index (χ4n) is 3.08. The summed E-state index contributed by atoms with van der Waals surface area (Å²) in [5.74, 6) is 1.00. The number of benzene rings is 1. The molecule has 0 atom stereocenters. The molecule has 0 unspecified atom stereocenters. The summed E-state index contributed by atoms with van der Waals surface area (Å²) in [6.07, 6.45) is 6.37. The molecule has 1 heterocycles. The molecule has 0 saturated heterocycles. The molecule has 0 radical (unpaired) electrons. The molecule has 1 saturated carbocycles. The third kappa shape index (κ3) is 5.01. The lowest BCUT2D eigenvalue weighted by Gasteiger charge is -2.28. The van der Waals surface area contributed by atoms with Crippen LogP contribution >= 0.6 is 11.6 Å². The second kappa shape index (κ2) is 8.90. The van der Waals surface area contributed by atoms with E-state index in [1.807, 2.05) is 0 Å². The van der Waals surface area contributed by atoms with Gasteiger partial charge in [0.05, 0.1) is 31.6 Å². The summed E-state index contributed by atoms with van der Waals surface area (Å²) in [6, 6.07) is 5.57. The van der Waals surface area contributed by atoms with Crippen molar-refractivity contribution in [3.05, 3.63) is 41.2 Å². The van der Waals surface area contributed by atoms with Crippen LogP contribution in [-0.4, -0.2) is 42.2 Å². The van der Waals surface area contributed by atoms with Gasteiger partial charge in [-0.05, 0) is 43.9 Å². The van der Waals surface area contributed by atoms with E-state index in [0.717, 1.165) is 25.7 Å². The number of carbonyl (C=O) groups excluding carboxylic acids is 1. The van der Waals surface area contributed by atoms with Crippen molar-refractivity contribution in [2.45, 2.75) is 37.8 Å². The van der Waals surface area contributed by atoms with Gasteiger partial charge in [-0.25, -0.2) is 9.97 Å². The predicted octanol–water partition coefficient (Wildman–Crippen LogP) is 3.27. The minimum Gasteiger partial charge on any atom is -0.493 e. The van der Waals surface area contributed by atoms with E-state index in [4.69, 9.17) is 25.8 Å². The van der Waals surface area contributed by atoms with Gasteiger partial charge in [-0.15, -0.1) is 0 Å². The zero-order valence-corrected chi connectivity index (χ0v) is 16.0. The van der Waals surface area contributed by atoms with Crippen molar-refractivity contribution < 1.29 is 19.0 Å². The van der Waals surface area contributed by atoms with Crippen LogP contribution in [-0.2, 0) is 0 Å². The first-order valence-corrected chi connectivity index (χ1v) is 9.14. The molecule has 1 fully saturated rings. The summed E-state index contributed by atoms with van der Waals surface area (Å²) in [7, 11) is 3.11. The van der Waals surface area contributed by atoms with Crippen LogP contribution in [0.25, 0.3) is 0 Å². The minimum atomic E-state index is -0.124. The highest BCUT2D eigenvalue weighted by atomic mass is 35.5. The van der Waals surface area contributed by atoms with E-state index in [2.05, 4.69) is 15.3 Å². The van der Waals surface area contributed by atoms with Crippen molar-refractivity contribution in [1.82, 2.24) is 15.3 Å². The Labute approximate surface area is 163 Å². The third-order valence-electron chi connectivity index (χ3n) is 4.52. The molecule has 1 aliphatic carbocycles. The standard InChI is InChI=1S/C19H22ClN3O4/c1-25-16-8-3-12(9-17(16)26-2)18(24)23-14-4-6-15(7-5-14)27-19-21-10-13(20)11-22-19/h3,8-11,14-15H,4-7H2,1-2H3,(H,23,24). The van der Waals surface area contributed by atoms with Gasteiger partial charge in [0.1, 0.15) is 6.10 Å². The van der Waals surface area contributed by atoms with Crippen LogP contribution < -0.4 is 19.5 Å². The van der Waals surface area contributed by atoms with Crippen molar-refractivity contribution in [3.8, 4) is 17.5 Å². The first-order chi connectivity index (χ1) is 13.1. The summed E-state index contributed by atoms with van der Waals surface area (Å²) in [6.45, 7) is 0. The maximum Gasteiger partial charge on any atom is 0.316 e. The first kappa shape index (κ1) is 19.2. The lowest BCUT2D eigenvalue weighted by Crippen LogP contribution is -2.39. The number of nitrogens with zero attached hydrogens (tertiary/aromatic N) is 2. The highest BCUT2D eigenvalue weighted by molar-refractivity contribution is 6.30. The molecule has 8 heteroatoms. The van der Waals surface area contributed by atoms with Crippen molar-refractivity contribution in [3.63, 3.8) is 0 Å². The van der Waals surface area contributed by atoms with E-state index in [1.54, 1.807) is 32.4 Å². The van der Waals surface area contributed by atoms with Crippen molar-refractivity contribution in [2.75, 3.05) is 14.2 Å². The summed E-state index contributed by atoms with van der Waals surface area (Å²) in [5.41, 5.74) is 0.542. The Morgan fingerprint density at radius 1 is 1.07 bits per heavy atom. The molecular formula is C19H22ClN3O4. The molecule has 7 nitrogen and oxygen atoms in total. The van der Waals surface area contributed by atoms with Crippen LogP contribution in [0.3, 0.4) is 0 Å². The Hall–Kier alpha value is -2.54. The van der Waals surface area contributed by atoms with Crippen molar-refractivity contribution >= 4 is 17.5 Å². The van der Waals surface area contributed by atoms with Crippen molar-refractivity contribution in [1.29, 1.82) is 0 Å². The van der Waals surface area contributed by atoms with Crippen LogP contribution in [0.5, 0.6) is 17.5 Å². The summed E-state index contributed by atoms with van der Waals surface area (Å²) < 4.78 is 16.2. The topological polar surface area (TPSA) is 82.6 Å². The number of carbonyl (C=O) groups is 1. The number of ether oxygens (including phenoxy) is 3. The average molecular weight is 392 g/mol. The number of aromatic nitrogens is 2. The van der Waals surface area contributed by atoms with E-state index in [9.17, 15) is 4.79 Å². The van der Waals surface area contributed by atoms with Gasteiger partial charge in [0.2, 0.25) is 0 Å². The Morgan fingerprint density at radius 2 is 1.74 bits per heavy atom. The second-order valence-corrected chi connectivity index (χ2v) is 6.76. The number of methoxy groups -OCH3 is 2. The van der Waals surface area contributed by atoms with Crippen LogP contribution in [0.1, 0.15) is 36.0 Å². The molecule has 0 aliphatic heterocycles. The molecule has 144 valence electrons. The monoisotopic (exact) mass is 391 g/mol. The lowest BCUT2D eigenvalue weighted by atomic mass is 9.92. The minimum absolute atomic E-state index is 0.0420. The highest BCUT2D eigenvalue weighted by Crippen LogP contribution is 2.28. The van der Waals surface area contributed by atoms with Gasteiger partial charge in [0.15, 0.2) is 11.5 Å². The maximum absolute atomic E-state index is 12.5. The quantitative estimate of drug-likeness (QED) is 0.813. The fraction of sp³-hybridized carbons (Fsp3) is 0.421. The van der Waals surface area contributed by atoms with Gasteiger partial charge >= 0.3 is 6.01 Å². The van der Waals surface area contributed by atoms with Crippen LogP contribution in [0.2, 0.25) is 5.02 Å². The van der Waals surface area contributed by atoms with E-state index in [-0.39, 0.29) is 18.1 Å². The molecule has 1 amide bonds.